The Bertz CT molecular complexity index is 1140. The third-order valence-corrected chi connectivity index (χ3v) is 5.80. The highest BCUT2D eigenvalue weighted by molar-refractivity contribution is 6.06. The SMILES string of the molecule is CCOC(=O)c1ccc(N2CCN(Cc3ccccc3)CC2)c(NC(=O)c2cccc(F)c2)c1. The molecule has 3 aromatic rings. The number of hydrogen-bond acceptors (Lipinski definition) is 5. The Kier molecular flexibility index (Phi) is 7.54. The summed E-state index contributed by atoms with van der Waals surface area (Å²) in [6, 6.07) is 21.0. The van der Waals surface area contributed by atoms with Gasteiger partial charge in [0.2, 0.25) is 0 Å². The van der Waals surface area contributed by atoms with E-state index in [2.05, 4.69) is 27.2 Å². The lowest BCUT2D eigenvalue weighted by atomic mass is 10.1. The zero-order chi connectivity index (χ0) is 23.9. The van der Waals surface area contributed by atoms with E-state index >= 15 is 0 Å². The van der Waals surface area contributed by atoms with Crippen LogP contribution in [-0.4, -0.2) is 49.6 Å². The van der Waals surface area contributed by atoms with Crippen molar-refractivity contribution < 1.29 is 18.7 Å². The minimum atomic E-state index is -0.484. The molecule has 1 saturated heterocycles. The van der Waals surface area contributed by atoms with Gasteiger partial charge in [0, 0.05) is 38.3 Å². The highest BCUT2D eigenvalue weighted by Gasteiger charge is 2.22. The first-order valence-corrected chi connectivity index (χ1v) is 11.4. The van der Waals surface area contributed by atoms with Crippen molar-refractivity contribution in [2.45, 2.75) is 13.5 Å². The van der Waals surface area contributed by atoms with Crippen LogP contribution in [0.15, 0.2) is 72.8 Å². The van der Waals surface area contributed by atoms with Gasteiger partial charge in [-0.15, -0.1) is 0 Å². The van der Waals surface area contributed by atoms with Gasteiger partial charge in [0.05, 0.1) is 23.5 Å². The molecule has 1 amide bonds. The fourth-order valence-electron chi connectivity index (χ4n) is 4.07. The molecule has 4 rings (SSSR count). The molecule has 6 nitrogen and oxygen atoms in total. The van der Waals surface area contributed by atoms with E-state index in [0.717, 1.165) is 38.4 Å². The maximum absolute atomic E-state index is 13.6. The summed E-state index contributed by atoms with van der Waals surface area (Å²) < 4.78 is 18.8. The largest absolute Gasteiger partial charge is 0.462 e. The van der Waals surface area contributed by atoms with Crippen LogP contribution in [0.2, 0.25) is 0 Å². The van der Waals surface area contributed by atoms with Crippen molar-refractivity contribution in [2.75, 3.05) is 43.0 Å². The molecule has 1 N–H and O–H groups in total. The molecule has 0 aliphatic carbocycles. The van der Waals surface area contributed by atoms with E-state index in [-0.39, 0.29) is 12.2 Å². The average molecular weight is 462 g/mol. The Balaban J connectivity index is 1.52. The summed E-state index contributed by atoms with van der Waals surface area (Å²) in [7, 11) is 0. The van der Waals surface area contributed by atoms with Crippen LogP contribution < -0.4 is 10.2 Å². The van der Waals surface area contributed by atoms with Crippen LogP contribution in [-0.2, 0) is 11.3 Å². The maximum Gasteiger partial charge on any atom is 0.338 e. The quantitative estimate of drug-likeness (QED) is 0.522. The molecule has 7 heteroatoms. The predicted molar refractivity (Wildman–Crippen MR) is 131 cm³/mol. The maximum atomic E-state index is 13.6. The lowest BCUT2D eigenvalue weighted by molar-refractivity contribution is 0.0526. The van der Waals surface area contributed by atoms with Gasteiger partial charge >= 0.3 is 5.97 Å². The lowest BCUT2D eigenvalue weighted by Gasteiger charge is -2.37. The molecule has 1 fully saturated rings. The van der Waals surface area contributed by atoms with Crippen molar-refractivity contribution in [2.24, 2.45) is 0 Å². The first-order chi connectivity index (χ1) is 16.5. The number of rotatable bonds is 7. The molecular weight excluding hydrogens is 433 g/mol. The summed E-state index contributed by atoms with van der Waals surface area (Å²) in [5.74, 6) is -1.38. The van der Waals surface area contributed by atoms with Crippen LogP contribution in [0.1, 0.15) is 33.2 Å². The smallest absolute Gasteiger partial charge is 0.338 e. The van der Waals surface area contributed by atoms with E-state index in [9.17, 15) is 14.0 Å². The van der Waals surface area contributed by atoms with Crippen LogP contribution in [0.25, 0.3) is 0 Å². The highest BCUT2D eigenvalue weighted by atomic mass is 19.1. The molecule has 3 aromatic carbocycles. The van der Waals surface area contributed by atoms with Crippen LogP contribution >= 0.6 is 0 Å². The van der Waals surface area contributed by atoms with Gasteiger partial charge < -0.3 is 15.0 Å². The second kappa shape index (κ2) is 10.9. The number of benzene rings is 3. The number of carbonyl (C=O) groups excluding carboxylic acids is 2. The molecule has 1 aliphatic heterocycles. The number of nitrogens with one attached hydrogen (secondary N) is 1. The number of hydrogen-bond donors (Lipinski definition) is 1. The average Bonchev–Trinajstić information content (AvgIpc) is 2.85. The Hall–Kier alpha value is -3.71. The van der Waals surface area contributed by atoms with E-state index < -0.39 is 17.7 Å². The topological polar surface area (TPSA) is 61.9 Å². The standard InChI is InChI=1S/C27H28FN3O3/c1-2-34-27(33)22-11-12-25(24(18-22)29-26(32)21-9-6-10-23(28)17-21)31-15-13-30(14-16-31)19-20-7-4-3-5-8-20/h3-12,17-18H,2,13-16,19H2,1H3,(H,29,32). The normalized spacial score (nSPS) is 14.0. The minimum absolute atomic E-state index is 0.208. The van der Waals surface area contributed by atoms with E-state index in [1.165, 1.54) is 23.8 Å². The molecule has 0 atom stereocenters. The van der Waals surface area contributed by atoms with Crippen molar-refractivity contribution >= 4 is 23.3 Å². The molecular formula is C27H28FN3O3. The Morgan fingerprint density at radius 1 is 0.912 bits per heavy atom. The predicted octanol–water partition coefficient (Wildman–Crippen LogP) is 4.58. The second-order valence-electron chi connectivity index (χ2n) is 8.17. The third kappa shape index (κ3) is 5.80. The van der Waals surface area contributed by atoms with Gasteiger partial charge in [-0.3, -0.25) is 9.69 Å². The number of halogens is 1. The Morgan fingerprint density at radius 3 is 2.38 bits per heavy atom. The summed E-state index contributed by atoms with van der Waals surface area (Å²) in [5.41, 5.74) is 3.15. The molecule has 0 saturated carbocycles. The van der Waals surface area contributed by atoms with Gasteiger partial charge in [0.1, 0.15) is 5.82 Å². The minimum Gasteiger partial charge on any atom is -0.462 e. The van der Waals surface area contributed by atoms with Gasteiger partial charge in [-0.05, 0) is 48.9 Å². The van der Waals surface area contributed by atoms with Crippen molar-refractivity contribution in [3.63, 3.8) is 0 Å². The summed E-state index contributed by atoms with van der Waals surface area (Å²) >= 11 is 0. The zero-order valence-electron chi connectivity index (χ0n) is 19.2. The Morgan fingerprint density at radius 2 is 1.68 bits per heavy atom. The van der Waals surface area contributed by atoms with Gasteiger partial charge in [-0.2, -0.15) is 0 Å². The molecule has 0 aromatic heterocycles. The van der Waals surface area contributed by atoms with Crippen molar-refractivity contribution in [1.82, 2.24) is 4.90 Å². The van der Waals surface area contributed by atoms with Crippen molar-refractivity contribution in [3.05, 3.63) is 95.3 Å². The molecule has 34 heavy (non-hydrogen) atoms. The summed E-state index contributed by atoms with van der Waals surface area (Å²) in [5, 5.41) is 2.87. The molecule has 0 spiro atoms. The highest BCUT2D eigenvalue weighted by Crippen LogP contribution is 2.29. The first-order valence-electron chi connectivity index (χ1n) is 11.4. The zero-order valence-corrected chi connectivity index (χ0v) is 19.2. The molecule has 1 aliphatic rings. The fourth-order valence-corrected chi connectivity index (χ4v) is 4.07. The van der Waals surface area contributed by atoms with Gasteiger partial charge in [-0.1, -0.05) is 36.4 Å². The molecule has 0 unspecified atom stereocenters. The molecule has 0 bridgehead atoms. The first kappa shape index (κ1) is 23.4. The van der Waals surface area contributed by atoms with E-state index in [1.54, 1.807) is 25.1 Å². The van der Waals surface area contributed by atoms with Crippen molar-refractivity contribution in [1.29, 1.82) is 0 Å². The summed E-state index contributed by atoms with van der Waals surface area (Å²) in [4.78, 5) is 29.7. The molecule has 176 valence electrons. The van der Waals surface area contributed by atoms with E-state index in [1.807, 2.05) is 24.3 Å². The number of anilines is 2. The number of nitrogens with zero attached hydrogens (tertiary/aromatic N) is 2. The van der Waals surface area contributed by atoms with Gasteiger partial charge in [-0.25, -0.2) is 9.18 Å². The van der Waals surface area contributed by atoms with Crippen LogP contribution in [0.3, 0.4) is 0 Å². The van der Waals surface area contributed by atoms with Gasteiger partial charge in [0.15, 0.2) is 0 Å². The number of carbonyl (C=O) groups is 2. The Labute approximate surface area is 198 Å². The third-order valence-electron chi connectivity index (χ3n) is 5.80. The van der Waals surface area contributed by atoms with Crippen LogP contribution in [0, 0.1) is 5.82 Å². The number of amides is 1. The summed E-state index contributed by atoms with van der Waals surface area (Å²) in [6.45, 7) is 6.17. The second-order valence-corrected chi connectivity index (χ2v) is 8.17. The monoisotopic (exact) mass is 461 g/mol. The fraction of sp³-hybridized carbons (Fsp3) is 0.259. The van der Waals surface area contributed by atoms with E-state index in [4.69, 9.17) is 4.74 Å². The van der Waals surface area contributed by atoms with Crippen LogP contribution in [0.4, 0.5) is 15.8 Å². The van der Waals surface area contributed by atoms with Crippen LogP contribution in [0.5, 0.6) is 0 Å². The lowest BCUT2D eigenvalue weighted by Crippen LogP contribution is -2.46. The van der Waals surface area contributed by atoms with Crippen molar-refractivity contribution in [3.8, 4) is 0 Å². The number of ether oxygens (including phenoxy) is 1. The number of piperazine rings is 1. The van der Waals surface area contributed by atoms with E-state index in [0.29, 0.717) is 11.3 Å². The number of esters is 1. The molecule has 1 heterocycles. The van der Waals surface area contributed by atoms with Gasteiger partial charge in [0.25, 0.3) is 5.91 Å². The summed E-state index contributed by atoms with van der Waals surface area (Å²) in [6.07, 6.45) is 0. The molecule has 0 radical (unpaired) electrons.